The summed E-state index contributed by atoms with van der Waals surface area (Å²) in [4.78, 5) is 1.27. The van der Waals surface area contributed by atoms with Gasteiger partial charge in [-0.1, -0.05) is 0 Å². The van der Waals surface area contributed by atoms with E-state index in [9.17, 15) is 0 Å². The van der Waals surface area contributed by atoms with Gasteiger partial charge in [-0.15, -0.1) is 11.3 Å². The van der Waals surface area contributed by atoms with E-state index in [1.165, 1.54) is 4.88 Å². The number of ether oxygens (including phenoxy) is 1. The van der Waals surface area contributed by atoms with Gasteiger partial charge >= 0.3 is 0 Å². The molecular formula is C9H13BrN2OS. The minimum atomic E-state index is 0.230. The summed E-state index contributed by atoms with van der Waals surface area (Å²) in [5.74, 6) is 6.08. The highest BCUT2D eigenvalue weighted by atomic mass is 79.9. The van der Waals surface area contributed by atoms with Crippen molar-refractivity contribution in [1.82, 2.24) is 5.43 Å². The van der Waals surface area contributed by atoms with Crippen LogP contribution in [-0.2, 0) is 4.74 Å². The first-order valence-electron chi connectivity index (χ1n) is 4.59. The predicted molar refractivity (Wildman–Crippen MR) is 61.0 cm³/mol. The molecule has 0 radical (unpaired) electrons. The standard InChI is InChI=1S/C9H13BrN2OS/c10-7-3-8(14-5-7)9(12-11)6-1-2-13-4-6/h3,5-6,9,12H,1-2,4,11H2. The fourth-order valence-electron chi connectivity index (χ4n) is 1.76. The van der Waals surface area contributed by atoms with Gasteiger partial charge in [0.05, 0.1) is 12.6 Å². The molecule has 5 heteroatoms. The molecule has 1 fully saturated rings. The number of halogens is 1. The Labute approximate surface area is 95.7 Å². The SMILES string of the molecule is NNC(c1cc(Br)cs1)C1CCOC1. The molecule has 0 amide bonds. The Hall–Kier alpha value is 0.0600. The second kappa shape index (κ2) is 4.72. The van der Waals surface area contributed by atoms with Gasteiger partial charge < -0.3 is 4.74 Å². The lowest BCUT2D eigenvalue weighted by atomic mass is 9.98. The summed E-state index contributed by atoms with van der Waals surface area (Å²) < 4.78 is 6.49. The molecule has 0 aliphatic carbocycles. The van der Waals surface area contributed by atoms with Crippen LogP contribution in [0.1, 0.15) is 17.3 Å². The molecule has 2 rings (SSSR count). The minimum Gasteiger partial charge on any atom is -0.381 e. The number of hydrogen-bond donors (Lipinski definition) is 2. The number of nitrogens with two attached hydrogens (primary N) is 1. The van der Waals surface area contributed by atoms with Gasteiger partial charge in [-0.2, -0.15) is 0 Å². The average molecular weight is 277 g/mol. The maximum absolute atomic E-state index is 5.58. The fraction of sp³-hybridized carbons (Fsp3) is 0.556. The zero-order valence-corrected chi connectivity index (χ0v) is 10.1. The molecular weight excluding hydrogens is 264 g/mol. The molecule has 14 heavy (non-hydrogen) atoms. The molecule has 0 saturated carbocycles. The lowest BCUT2D eigenvalue weighted by Gasteiger charge is -2.19. The smallest absolute Gasteiger partial charge is 0.0604 e. The largest absolute Gasteiger partial charge is 0.381 e. The van der Waals surface area contributed by atoms with Crippen LogP contribution in [0.3, 0.4) is 0 Å². The summed E-state index contributed by atoms with van der Waals surface area (Å²) in [5, 5.41) is 2.08. The Balaban J connectivity index is 2.12. The van der Waals surface area contributed by atoms with E-state index in [2.05, 4.69) is 32.8 Å². The highest BCUT2D eigenvalue weighted by Crippen LogP contribution is 2.33. The van der Waals surface area contributed by atoms with Gasteiger partial charge in [0.1, 0.15) is 0 Å². The Kier molecular flexibility index (Phi) is 3.57. The summed E-state index contributed by atoms with van der Waals surface area (Å²) in [6.07, 6.45) is 1.09. The summed E-state index contributed by atoms with van der Waals surface area (Å²) in [5.41, 5.74) is 2.88. The first kappa shape index (κ1) is 10.6. The second-order valence-electron chi connectivity index (χ2n) is 3.44. The van der Waals surface area contributed by atoms with Crippen LogP contribution in [0.5, 0.6) is 0 Å². The molecule has 3 nitrogen and oxygen atoms in total. The predicted octanol–water partition coefficient (Wildman–Crippen LogP) is 2.05. The number of hydrogen-bond acceptors (Lipinski definition) is 4. The van der Waals surface area contributed by atoms with Crippen LogP contribution in [0.15, 0.2) is 15.9 Å². The molecule has 1 aliphatic rings. The number of nitrogens with one attached hydrogen (secondary N) is 1. The quantitative estimate of drug-likeness (QED) is 0.656. The minimum absolute atomic E-state index is 0.230. The van der Waals surface area contributed by atoms with Crippen molar-refractivity contribution in [3.05, 3.63) is 20.8 Å². The maximum Gasteiger partial charge on any atom is 0.0604 e. The van der Waals surface area contributed by atoms with Gasteiger partial charge in [0.2, 0.25) is 0 Å². The van der Waals surface area contributed by atoms with Crippen LogP contribution in [0.4, 0.5) is 0 Å². The lowest BCUT2D eigenvalue weighted by Crippen LogP contribution is -2.33. The van der Waals surface area contributed by atoms with E-state index < -0.39 is 0 Å². The van der Waals surface area contributed by atoms with Crippen molar-refractivity contribution < 1.29 is 4.74 Å². The van der Waals surface area contributed by atoms with Crippen molar-refractivity contribution in [2.45, 2.75) is 12.5 Å². The molecule has 3 N–H and O–H groups in total. The third kappa shape index (κ3) is 2.17. The van der Waals surface area contributed by atoms with E-state index in [0.29, 0.717) is 5.92 Å². The van der Waals surface area contributed by atoms with E-state index in [4.69, 9.17) is 10.6 Å². The van der Waals surface area contributed by atoms with Crippen molar-refractivity contribution in [3.63, 3.8) is 0 Å². The topological polar surface area (TPSA) is 47.3 Å². The first-order valence-corrected chi connectivity index (χ1v) is 6.26. The van der Waals surface area contributed by atoms with E-state index in [0.717, 1.165) is 24.1 Å². The molecule has 0 aromatic carbocycles. The zero-order valence-electron chi connectivity index (χ0n) is 7.70. The van der Waals surface area contributed by atoms with Crippen LogP contribution in [0.25, 0.3) is 0 Å². The average Bonchev–Trinajstić information content (AvgIpc) is 2.79. The van der Waals surface area contributed by atoms with E-state index in [-0.39, 0.29) is 6.04 Å². The molecule has 0 bridgehead atoms. The third-order valence-electron chi connectivity index (χ3n) is 2.51. The number of rotatable bonds is 3. The van der Waals surface area contributed by atoms with Crippen LogP contribution < -0.4 is 11.3 Å². The van der Waals surface area contributed by atoms with Gasteiger partial charge in [0.25, 0.3) is 0 Å². The van der Waals surface area contributed by atoms with E-state index in [1.807, 2.05) is 0 Å². The van der Waals surface area contributed by atoms with Crippen molar-refractivity contribution in [2.24, 2.45) is 11.8 Å². The molecule has 2 heterocycles. The van der Waals surface area contributed by atoms with Gasteiger partial charge in [-0.25, -0.2) is 0 Å². The van der Waals surface area contributed by atoms with Gasteiger partial charge in [0, 0.05) is 27.3 Å². The van der Waals surface area contributed by atoms with Crippen molar-refractivity contribution in [1.29, 1.82) is 0 Å². The van der Waals surface area contributed by atoms with Crippen LogP contribution in [0, 0.1) is 5.92 Å². The Morgan fingerprint density at radius 2 is 2.57 bits per heavy atom. The third-order valence-corrected chi connectivity index (χ3v) is 4.29. The molecule has 78 valence electrons. The van der Waals surface area contributed by atoms with Crippen LogP contribution in [-0.4, -0.2) is 13.2 Å². The molecule has 2 unspecified atom stereocenters. The number of hydrazine groups is 1. The van der Waals surface area contributed by atoms with Crippen molar-refractivity contribution in [3.8, 4) is 0 Å². The van der Waals surface area contributed by atoms with Crippen LogP contribution >= 0.6 is 27.3 Å². The monoisotopic (exact) mass is 276 g/mol. The summed E-state index contributed by atoms with van der Waals surface area (Å²) >= 11 is 5.17. The number of thiophene rings is 1. The maximum atomic E-state index is 5.58. The first-order chi connectivity index (χ1) is 6.81. The normalized spacial score (nSPS) is 24.0. The second-order valence-corrected chi connectivity index (χ2v) is 5.29. The van der Waals surface area contributed by atoms with Crippen molar-refractivity contribution in [2.75, 3.05) is 13.2 Å². The van der Waals surface area contributed by atoms with Crippen LogP contribution in [0.2, 0.25) is 0 Å². The summed E-state index contributed by atoms with van der Waals surface area (Å²) in [7, 11) is 0. The molecule has 2 atom stereocenters. The van der Waals surface area contributed by atoms with E-state index >= 15 is 0 Å². The molecule has 1 aromatic rings. The van der Waals surface area contributed by atoms with Crippen molar-refractivity contribution >= 4 is 27.3 Å². The van der Waals surface area contributed by atoms with Gasteiger partial charge in [0.15, 0.2) is 0 Å². The van der Waals surface area contributed by atoms with Gasteiger partial charge in [-0.05, 0) is 28.4 Å². The van der Waals surface area contributed by atoms with Gasteiger partial charge in [-0.3, -0.25) is 11.3 Å². The summed E-state index contributed by atoms with van der Waals surface area (Å²) in [6.45, 7) is 1.67. The highest BCUT2D eigenvalue weighted by molar-refractivity contribution is 9.10. The fourth-order valence-corrected chi connectivity index (χ4v) is 3.35. The Morgan fingerprint density at radius 1 is 1.71 bits per heavy atom. The molecule has 1 saturated heterocycles. The Bertz CT molecular complexity index is 299. The molecule has 1 aliphatic heterocycles. The highest BCUT2D eigenvalue weighted by Gasteiger charge is 2.27. The molecule has 1 aromatic heterocycles. The Morgan fingerprint density at radius 3 is 3.07 bits per heavy atom. The summed E-state index contributed by atoms with van der Waals surface area (Å²) in [6, 6.07) is 2.35. The molecule has 0 spiro atoms. The zero-order chi connectivity index (χ0) is 9.97. The van der Waals surface area contributed by atoms with E-state index in [1.54, 1.807) is 11.3 Å². The lowest BCUT2D eigenvalue weighted by molar-refractivity contribution is 0.177.